The molecule has 3 rings (SSSR count). The molecule has 2 N–H and O–H groups in total. The Hall–Kier alpha value is -2.48. The van der Waals surface area contributed by atoms with Gasteiger partial charge in [0.25, 0.3) is 5.91 Å². The molecule has 2 aromatic rings. The zero-order chi connectivity index (χ0) is 18.7. The van der Waals surface area contributed by atoms with Crippen LogP contribution < -0.4 is 5.32 Å². The van der Waals surface area contributed by atoms with Gasteiger partial charge in [0, 0.05) is 37.4 Å². The highest BCUT2D eigenvalue weighted by atomic mass is 16.5. The zero-order valence-electron chi connectivity index (χ0n) is 15.0. The van der Waals surface area contributed by atoms with Gasteiger partial charge in [-0.3, -0.25) is 9.59 Å². The van der Waals surface area contributed by atoms with Crippen molar-refractivity contribution in [1.82, 2.24) is 20.1 Å². The maximum Gasteiger partial charge on any atom is 0.308 e. The molecule has 1 aliphatic heterocycles. The number of aromatic nitrogens is 3. The number of carboxylic acids is 1. The van der Waals surface area contributed by atoms with Crippen molar-refractivity contribution in [2.24, 2.45) is 11.8 Å². The highest BCUT2D eigenvalue weighted by molar-refractivity contribution is 5.97. The number of carbonyl (C=O) groups excluding carboxylic acids is 1. The van der Waals surface area contributed by atoms with E-state index >= 15 is 0 Å². The summed E-state index contributed by atoms with van der Waals surface area (Å²) in [7, 11) is 0. The average Bonchev–Trinajstić information content (AvgIpc) is 3.05. The lowest BCUT2D eigenvalue weighted by molar-refractivity contribution is -0.144. The van der Waals surface area contributed by atoms with E-state index in [9.17, 15) is 14.7 Å². The SMILES string of the molecule is CC(C)n1ncc2cc(C(=O)NCC(C(=O)O)C3CCOCC3)cnc21. The molecule has 0 saturated carbocycles. The third-order valence-electron chi connectivity index (χ3n) is 4.82. The van der Waals surface area contributed by atoms with Gasteiger partial charge in [-0.1, -0.05) is 0 Å². The van der Waals surface area contributed by atoms with Crippen LogP contribution in [0.15, 0.2) is 18.5 Å². The number of amides is 1. The standard InChI is InChI=1S/C18H24N4O4/c1-11(2)22-16-13(9-21-22)7-14(8-19-16)17(23)20-10-15(18(24)25)12-3-5-26-6-4-12/h7-9,11-12,15H,3-6,10H2,1-2H3,(H,20,23)(H,24,25). The fourth-order valence-corrected chi connectivity index (χ4v) is 3.32. The van der Waals surface area contributed by atoms with Gasteiger partial charge in [0.1, 0.15) is 0 Å². The minimum atomic E-state index is -0.885. The second kappa shape index (κ2) is 7.82. The summed E-state index contributed by atoms with van der Waals surface area (Å²) in [6.07, 6.45) is 4.59. The van der Waals surface area contributed by atoms with E-state index in [1.807, 2.05) is 13.8 Å². The largest absolute Gasteiger partial charge is 0.481 e. The smallest absolute Gasteiger partial charge is 0.308 e. The minimum Gasteiger partial charge on any atom is -0.481 e. The van der Waals surface area contributed by atoms with Crippen LogP contribution in [0.1, 0.15) is 43.1 Å². The van der Waals surface area contributed by atoms with Crippen LogP contribution in [0.4, 0.5) is 0 Å². The van der Waals surface area contributed by atoms with E-state index in [-0.39, 0.29) is 24.4 Å². The van der Waals surface area contributed by atoms with Crippen molar-refractivity contribution in [2.75, 3.05) is 19.8 Å². The molecule has 8 heteroatoms. The van der Waals surface area contributed by atoms with E-state index in [4.69, 9.17) is 4.74 Å². The van der Waals surface area contributed by atoms with Crippen LogP contribution in [0, 0.1) is 11.8 Å². The van der Waals surface area contributed by atoms with Gasteiger partial charge in [-0.25, -0.2) is 9.67 Å². The molecule has 0 bridgehead atoms. The van der Waals surface area contributed by atoms with Crippen LogP contribution in [-0.4, -0.2) is 51.5 Å². The summed E-state index contributed by atoms with van der Waals surface area (Å²) >= 11 is 0. The number of nitrogens with one attached hydrogen (secondary N) is 1. The van der Waals surface area contributed by atoms with Crippen LogP contribution in [0.3, 0.4) is 0 Å². The van der Waals surface area contributed by atoms with E-state index in [0.717, 1.165) is 11.0 Å². The molecular formula is C18H24N4O4. The first kappa shape index (κ1) is 18.3. The Bertz CT molecular complexity index is 796. The number of aliphatic carboxylic acids is 1. The normalized spacial score (nSPS) is 16.7. The van der Waals surface area contributed by atoms with Gasteiger partial charge < -0.3 is 15.2 Å². The van der Waals surface area contributed by atoms with Gasteiger partial charge in [0.2, 0.25) is 0 Å². The summed E-state index contributed by atoms with van der Waals surface area (Å²) in [5, 5.41) is 17.3. The summed E-state index contributed by atoms with van der Waals surface area (Å²) in [6, 6.07) is 1.91. The number of pyridine rings is 1. The fourth-order valence-electron chi connectivity index (χ4n) is 3.32. The fraction of sp³-hybridized carbons (Fsp3) is 0.556. The van der Waals surface area contributed by atoms with Gasteiger partial charge in [-0.2, -0.15) is 5.10 Å². The van der Waals surface area contributed by atoms with Crippen LogP contribution >= 0.6 is 0 Å². The van der Waals surface area contributed by atoms with Crippen molar-refractivity contribution in [2.45, 2.75) is 32.7 Å². The van der Waals surface area contributed by atoms with Crippen LogP contribution in [0.2, 0.25) is 0 Å². The predicted octanol–water partition coefficient (Wildman–Crippen LogP) is 1.87. The highest BCUT2D eigenvalue weighted by Gasteiger charge is 2.30. The summed E-state index contributed by atoms with van der Waals surface area (Å²) in [4.78, 5) is 28.4. The Balaban J connectivity index is 1.68. The maximum atomic E-state index is 12.4. The third kappa shape index (κ3) is 3.85. The Kier molecular flexibility index (Phi) is 5.51. The van der Waals surface area contributed by atoms with Crippen LogP contribution in [-0.2, 0) is 9.53 Å². The number of carbonyl (C=O) groups is 2. The zero-order valence-corrected chi connectivity index (χ0v) is 15.0. The predicted molar refractivity (Wildman–Crippen MR) is 94.9 cm³/mol. The first-order valence-corrected chi connectivity index (χ1v) is 8.89. The monoisotopic (exact) mass is 360 g/mol. The molecule has 0 aromatic carbocycles. The Morgan fingerprint density at radius 3 is 2.73 bits per heavy atom. The molecule has 1 amide bonds. The van der Waals surface area contributed by atoms with Gasteiger partial charge in [-0.05, 0) is 38.7 Å². The van der Waals surface area contributed by atoms with Crippen molar-refractivity contribution in [3.05, 3.63) is 24.0 Å². The molecule has 26 heavy (non-hydrogen) atoms. The first-order valence-electron chi connectivity index (χ1n) is 8.89. The number of carboxylic acid groups (broad SMARTS) is 1. The number of rotatable bonds is 6. The quantitative estimate of drug-likeness (QED) is 0.814. The van der Waals surface area contributed by atoms with Crippen molar-refractivity contribution < 1.29 is 19.4 Å². The number of fused-ring (bicyclic) bond motifs is 1. The van der Waals surface area contributed by atoms with Gasteiger partial charge in [-0.15, -0.1) is 0 Å². The number of hydrogen-bond acceptors (Lipinski definition) is 5. The summed E-state index contributed by atoms with van der Waals surface area (Å²) in [5.41, 5.74) is 1.12. The summed E-state index contributed by atoms with van der Waals surface area (Å²) in [6.45, 7) is 5.27. The minimum absolute atomic E-state index is 0.0198. The molecule has 1 saturated heterocycles. The molecule has 8 nitrogen and oxygen atoms in total. The van der Waals surface area contributed by atoms with Crippen molar-refractivity contribution in [1.29, 1.82) is 0 Å². The van der Waals surface area contributed by atoms with Gasteiger partial charge >= 0.3 is 5.97 Å². The van der Waals surface area contributed by atoms with Crippen LogP contribution in [0.5, 0.6) is 0 Å². The molecule has 0 radical (unpaired) electrons. The molecule has 1 fully saturated rings. The molecule has 140 valence electrons. The third-order valence-corrected chi connectivity index (χ3v) is 4.82. The Labute approximate surface area is 151 Å². The van der Waals surface area contributed by atoms with Gasteiger partial charge in [0.05, 0.1) is 17.7 Å². The Morgan fingerprint density at radius 2 is 2.08 bits per heavy atom. The highest BCUT2D eigenvalue weighted by Crippen LogP contribution is 2.24. The van der Waals surface area contributed by atoms with E-state index in [1.54, 1.807) is 16.9 Å². The lowest BCUT2D eigenvalue weighted by Crippen LogP contribution is -2.39. The summed E-state index contributed by atoms with van der Waals surface area (Å²) in [5.74, 6) is -1.80. The lowest BCUT2D eigenvalue weighted by atomic mass is 9.86. The topological polar surface area (TPSA) is 106 Å². The van der Waals surface area contributed by atoms with Crippen LogP contribution in [0.25, 0.3) is 11.0 Å². The van der Waals surface area contributed by atoms with E-state index < -0.39 is 11.9 Å². The average molecular weight is 360 g/mol. The molecule has 2 aromatic heterocycles. The molecular weight excluding hydrogens is 336 g/mol. The van der Waals surface area contributed by atoms with Crippen molar-refractivity contribution >= 4 is 22.9 Å². The second-order valence-electron chi connectivity index (χ2n) is 6.92. The summed E-state index contributed by atoms with van der Waals surface area (Å²) < 4.78 is 7.08. The maximum absolute atomic E-state index is 12.4. The molecule has 1 unspecified atom stereocenters. The molecule has 0 spiro atoms. The number of ether oxygens (including phenoxy) is 1. The molecule has 1 aliphatic rings. The molecule has 1 atom stereocenters. The molecule has 0 aliphatic carbocycles. The van der Waals surface area contributed by atoms with E-state index in [1.165, 1.54) is 6.20 Å². The number of nitrogens with zero attached hydrogens (tertiary/aromatic N) is 3. The lowest BCUT2D eigenvalue weighted by Gasteiger charge is -2.27. The van der Waals surface area contributed by atoms with Crippen molar-refractivity contribution in [3.8, 4) is 0 Å². The van der Waals surface area contributed by atoms with E-state index in [2.05, 4.69) is 15.4 Å². The first-order chi connectivity index (χ1) is 12.5. The molecule has 3 heterocycles. The Morgan fingerprint density at radius 1 is 1.35 bits per heavy atom. The van der Waals surface area contributed by atoms with Gasteiger partial charge in [0.15, 0.2) is 5.65 Å². The van der Waals surface area contributed by atoms with Crippen molar-refractivity contribution in [3.63, 3.8) is 0 Å². The van der Waals surface area contributed by atoms with E-state index in [0.29, 0.717) is 31.6 Å². The number of hydrogen-bond donors (Lipinski definition) is 2. The second-order valence-corrected chi connectivity index (χ2v) is 6.92.